The van der Waals surface area contributed by atoms with Crippen molar-refractivity contribution >= 4 is 75.6 Å². The lowest BCUT2D eigenvalue weighted by atomic mass is 9.67. The van der Waals surface area contributed by atoms with Crippen molar-refractivity contribution in [3.05, 3.63) is 170 Å². The summed E-state index contributed by atoms with van der Waals surface area (Å²) in [6, 6.07) is 22.5. The lowest BCUT2D eigenvalue weighted by Crippen LogP contribution is -2.68. The Labute approximate surface area is 382 Å². The number of hydrogen-bond acceptors (Lipinski definition) is 12. The van der Waals surface area contributed by atoms with Gasteiger partial charge in [-0.15, -0.1) is 22.7 Å². The first kappa shape index (κ1) is 48.4. The summed E-state index contributed by atoms with van der Waals surface area (Å²) in [5.41, 5.74) is 1.64. The highest BCUT2D eigenvalue weighted by Crippen LogP contribution is 2.42. The molecule has 0 saturated carbocycles. The van der Waals surface area contributed by atoms with Crippen LogP contribution >= 0.6 is 22.7 Å². The predicted molar refractivity (Wildman–Crippen MR) is 247 cm³/mol. The van der Waals surface area contributed by atoms with Crippen LogP contribution in [0.4, 0.5) is 11.4 Å². The normalized spacial score (nSPS) is 13.6. The summed E-state index contributed by atoms with van der Waals surface area (Å²) in [6.07, 6.45) is 6.00. The van der Waals surface area contributed by atoms with Crippen LogP contribution in [0.2, 0.25) is 0 Å². The zero-order valence-electron chi connectivity index (χ0n) is 35.7. The molecule has 0 radical (unpaired) electrons. The summed E-state index contributed by atoms with van der Waals surface area (Å²) < 4.78 is 11.3. The molecule has 5 rings (SSSR count). The molecule has 2 aromatic heterocycles. The fourth-order valence-electron chi connectivity index (χ4n) is 6.55. The summed E-state index contributed by atoms with van der Waals surface area (Å²) >= 11 is 2.19. The number of hydrogen-bond donors (Lipinski definition) is 6. The first-order valence-electron chi connectivity index (χ1n) is 20.0. The molecular weight excluding hydrogens is 873 g/mol. The number of thiophene rings is 2. The molecule has 17 heteroatoms. The topological polar surface area (TPSA) is 241 Å². The minimum atomic E-state index is -2.91. The van der Waals surface area contributed by atoms with E-state index in [1.165, 1.54) is 84.9 Å². The van der Waals surface area contributed by atoms with Gasteiger partial charge in [-0.1, -0.05) is 48.9 Å². The summed E-state index contributed by atoms with van der Waals surface area (Å²) in [4.78, 5) is 96.1. The molecule has 336 valence electrons. The van der Waals surface area contributed by atoms with Crippen LogP contribution in [0, 0.1) is 0 Å². The van der Waals surface area contributed by atoms with E-state index in [2.05, 4.69) is 16.0 Å². The minimum Gasteiger partial charge on any atom is -0.479 e. The van der Waals surface area contributed by atoms with Crippen LogP contribution in [0.25, 0.3) is 0 Å². The third-order valence-electron chi connectivity index (χ3n) is 9.79. The molecule has 2 heterocycles. The molecule has 0 bridgehead atoms. The van der Waals surface area contributed by atoms with Crippen molar-refractivity contribution < 1.29 is 53.2 Å². The van der Waals surface area contributed by atoms with E-state index >= 15 is 0 Å². The third kappa shape index (κ3) is 12.3. The van der Waals surface area contributed by atoms with Crippen LogP contribution in [-0.4, -0.2) is 62.9 Å². The van der Waals surface area contributed by atoms with Crippen molar-refractivity contribution in [2.45, 2.75) is 57.5 Å². The standard InChI is InChI=1S/C48H46N4O11S2/c1-5-6-9-36(63-44(57)38-11-8-27-65-38)28-48(46(60)61,52-42(55)31-13-19-33(49)20-14-31)40(30-17-23-35(24-18-30)62-43(56)37-10-7-26-64-37)47(4,45(58)59)51-41(54)32-15-21-34(22-16-32)50-39(53)25-12-29(2)3/h6-24,26-28,40H,5,25,49H2,1-4H3,(H,50,53)(H,51,54)(H,52,55)(H,58,59)(H,60,61)/b9-6-,36-28+. The van der Waals surface area contributed by atoms with Gasteiger partial charge in [0.2, 0.25) is 5.91 Å². The average Bonchev–Trinajstić information content (AvgIpc) is 4.02. The maximum atomic E-state index is 14.3. The van der Waals surface area contributed by atoms with Gasteiger partial charge in [0.15, 0.2) is 5.54 Å². The molecule has 0 fully saturated rings. The van der Waals surface area contributed by atoms with Gasteiger partial charge in [-0.2, -0.15) is 0 Å². The summed E-state index contributed by atoms with van der Waals surface area (Å²) in [6.45, 7) is 6.54. The quantitative estimate of drug-likeness (QED) is 0.0115. The lowest BCUT2D eigenvalue weighted by Gasteiger charge is -2.44. The molecule has 5 aromatic rings. The second-order valence-electron chi connectivity index (χ2n) is 14.9. The minimum absolute atomic E-state index is 0.00109. The van der Waals surface area contributed by atoms with E-state index in [1.54, 1.807) is 48.0 Å². The Bertz CT molecular complexity index is 2620. The molecule has 15 nitrogen and oxygen atoms in total. The Kier molecular flexibility index (Phi) is 16.1. The number of allylic oxidation sites excluding steroid dienone is 3. The second kappa shape index (κ2) is 21.6. The first-order chi connectivity index (χ1) is 30.9. The molecule has 3 unspecified atom stereocenters. The first-order valence-corrected chi connectivity index (χ1v) is 21.7. The van der Waals surface area contributed by atoms with Crippen LogP contribution in [-0.2, 0) is 19.1 Å². The Balaban J connectivity index is 1.72. The monoisotopic (exact) mass is 918 g/mol. The molecule has 65 heavy (non-hydrogen) atoms. The maximum absolute atomic E-state index is 14.3. The van der Waals surface area contributed by atoms with Crippen LogP contribution in [0.3, 0.4) is 0 Å². The van der Waals surface area contributed by atoms with Crippen molar-refractivity contribution in [2.24, 2.45) is 0 Å². The van der Waals surface area contributed by atoms with Crippen LogP contribution in [0.1, 0.15) is 92.1 Å². The number of benzene rings is 3. The highest BCUT2D eigenvalue weighted by Gasteiger charge is 2.59. The number of carbonyl (C=O) groups is 7. The van der Waals surface area contributed by atoms with E-state index in [-0.39, 0.29) is 50.2 Å². The SMILES string of the molecule is CC/C=C\C(=C/C(NC(=O)c1ccc(N)cc1)(C(=O)O)C(c1ccc(OC(=O)c2cccs2)cc1)C(C)(NC(=O)c1ccc(NC(=O)CC=C(C)C)cc1)C(=O)O)OC(=O)c1cccs1. The fraction of sp³-hybridized carbons (Fsp3) is 0.188. The van der Waals surface area contributed by atoms with Gasteiger partial charge in [-0.25, -0.2) is 19.2 Å². The van der Waals surface area contributed by atoms with Crippen molar-refractivity contribution in [1.29, 1.82) is 0 Å². The maximum Gasteiger partial charge on any atom is 0.353 e. The zero-order valence-corrected chi connectivity index (χ0v) is 37.3. The third-order valence-corrected chi connectivity index (χ3v) is 11.5. The van der Waals surface area contributed by atoms with Gasteiger partial charge in [0.25, 0.3) is 11.8 Å². The van der Waals surface area contributed by atoms with Gasteiger partial charge >= 0.3 is 23.9 Å². The summed E-state index contributed by atoms with van der Waals surface area (Å²) in [5.74, 6) is -9.86. The molecule has 0 aliphatic heterocycles. The fourth-order valence-corrected chi connectivity index (χ4v) is 7.75. The van der Waals surface area contributed by atoms with Gasteiger partial charge in [-0.05, 0) is 128 Å². The number of amides is 3. The van der Waals surface area contributed by atoms with E-state index in [0.717, 1.165) is 41.2 Å². The van der Waals surface area contributed by atoms with Crippen molar-refractivity contribution in [1.82, 2.24) is 10.6 Å². The Morgan fingerprint density at radius 2 is 1.32 bits per heavy atom. The molecule has 0 aliphatic rings. The van der Waals surface area contributed by atoms with Crippen LogP contribution in [0.15, 0.2) is 143 Å². The van der Waals surface area contributed by atoms with E-state index in [1.807, 2.05) is 13.8 Å². The van der Waals surface area contributed by atoms with E-state index in [9.17, 15) is 43.8 Å². The van der Waals surface area contributed by atoms with Gasteiger partial charge in [0, 0.05) is 28.9 Å². The molecule has 0 spiro atoms. The molecule has 0 saturated heterocycles. The van der Waals surface area contributed by atoms with Crippen LogP contribution < -0.4 is 26.4 Å². The van der Waals surface area contributed by atoms with Gasteiger partial charge < -0.3 is 41.4 Å². The van der Waals surface area contributed by atoms with Crippen molar-refractivity contribution in [2.75, 3.05) is 11.1 Å². The Hall–Kier alpha value is -7.63. The summed E-state index contributed by atoms with van der Waals surface area (Å²) in [5, 5.41) is 33.9. The number of carbonyl (C=O) groups excluding carboxylic acids is 5. The van der Waals surface area contributed by atoms with Gasteiger partial charge in [0.1, 0.15) is 26.8 Å². The van der Waals surface area contributed by atoms with E-state index in [4.69, 9.17) is 15.2 Å². The molecule has 3 atom stereocenters. The lowest BCUT2D eigenvalue weighted by molar-refractivity contribution is -0.150. The Morgan fingerprint density at radius 1 is 0.754 bits per heavy atom. The number of ether oxygens (including phenoxy) is 2. The molecular formula is C48H46N4O11S2. The highest BCUT2D eigenvalue weighted by atomic mass is 32.1. The highest BCUT2D eigenvalue weighted by molar-refractivity contribution is 7.12. The number of aliphatic carboxylic acids is 2. The molecule has 0 aliphatic carbocycles. The molecule has 3 amide bonds. The van der Waals surface area contributed by atoms with Gasteiger partial charge in [-0.3, -0.25) is 14.4 Å². The van der Waals surface area contributed by atoms with Crippen molar-refractivity contribution in [3.63, 3.8) is 0 Å². The van der Waals surface area contributed by atoms with Crippen molar-refractivity contribution in [3.8, 4) is 5.75 Å². The smallest absolute Gasteiger partial charge is 0.353 e. The molecule has 7 N–H and O–H groups in total. The number of nitrogens with two attached hydrogens (primary N) is 1. The summed E-state index contributed by atoms with van der Waals surface area (Å²) in [7, 11) is 0. The number of rotatable bonds is 19. The number of carboxylic acid groups (broad SMARTS) is 2. The number of esters is 2. The van der Waals surface area contributed by atoms with Crippen LogP contribution in [0.5, 0.6) is 5.75 Å². The molecule has 3 aromatic carbocycles. The second-order valence-corrected chi connectivity index (χ2v) is 16.8. The van der Waals surface area contributed by atoms with Gasteiger partial charge in [0.05, 0.1) is 5.92 Å². The zero-order chi connectivity index (χ0) is 47.3. The number of nitrogen functional groups attached to an aromatic ring is 1. The average molecular weight is 919 g/mol. The van der Waals surface area contributed by atoms with E-state index < -0.39 is 58.4 Å². The van der Waals surface area contributed by atoms with E-state index in [0.29, 0.717) is 12.1 Å². The number of nitrogens with one attached hydrogen (secondary N) is 3. The predicted octanol–water partition coefficient (Wildman–Crippen LogP) is 8.22. The number of carboxylic acids is 2. The Morgan fingerprint density at radius 3 is 1.85 bits per heavy atom. The number of anilines is 2. The largest absolute Gasteiger partial charge is 0.479 e.